The number of fused-ring (bicyclic) bond motifs is 2. The van der Waals surface area contributed by atoms with E-state index in [0.717, 1.165) is 47.5 Å². The van der Waals surface area contributed by atoms with E-state index in [-0.39, 0.29) is 36.7 Å². The molecule has 8 rings (SSSR count). The molecule has 3 N–H and O–H groups in total. The second-order valence-electron chi connectivity index (χ2n) is 10.8. The highest BCUT2D eigenvalue weighted by Gasteiger charge is 2.32. The van der Waals surface area contributed by atoms with Gasteiger partial charge < -0.3 is 20.5 Å². The zero-order valence-electron chi connectivity index (χ0n) is 25.2. The molecular weight excluding hydrogens is 698 g/mol. The molecule has 2 fully saturated rings. The molecule has 6 aromatic rings. The summed E-state index contributed by atoms with van der Waals surface area (Å²) >= 11 is 17.3. The van der Waals surface area contributed by atoms with Gasteiger partial charge in [-0.2, -0.15) is 0 Å². The van der Waals surface area contributed by atoms with Gasteiger partial charge >= 0.3 is 0 Å². The average molecular weight is 728 g/mol. The largest absolute Gasteiger partial charge is 0.472 e. The predicted octanol–water partition coefficient (Wildman–Crippen LogP) is 6.80. The van der Waals surface area contributed by atoms with Gasteiger partial charge in [-0.1, -0.05) is 59.6 Å². The predicted molar refractivity (Wildman–Crippen MR) is 188 cm³/mol. The molecule has 0 radical (unpaired) electrons. The first-order chi connectivity index (χ1) is 22.9. The molecule has 2 aliphatic rings. The van der Waals surface area contributed by atoms with Crippen molar-refractivity contribution in [1.29, 1.82) is 0 Å². The Labute approximate surface area is 297 Å². The van der Waals surface area contributed by atoms with Crippen molar-refractivity contribution in [2.75, 3.05) is 5.32 Å². The van der Waals surface area contributed by atoms with Gasteiger partial charge in [-0.05, 0) is 36.6 Å². The highest BCUT2D eigenvalue weighted by atomic mass is 35.5. The fourth-order valence-electron chi connectivity index (χ4n) is 4.75. The molecule has 12 nitrogen and oxygen atoms in total. The number of aromatic nitrogens is 8. The topological polar surface area (TPSA) is 160 Å². The van der Waals surface area contributed by atoms with E-state index in [4.69, 9.17) is 50.0 Å². The molecule has 2 saturated carbocycles. The quantitative estimate of drug-likeness (QED) is 0.173. The number of halogens is 4. The van der Waals surface area contributed by atoms with Gasteiger partial charge in [0, 0.05) is 72.9 Å². The lowest BCUT2D eigenvalue weighted by atomic mass is 9.89. The maximum atomic E-state index is 5.94. The summed E-state index contributed by atoms with van der Waals surface area (Å²) in [7, 11) is 0. The lowest BCUT2D eigenvalue weighted by Gasteiger charge is -2.35. The van der Waals surface area contributed by atoms with Crippen molar-refractivity contribution in [3.8, 4) is 11.8 Å². The Morgan fingerprint density at radius 2 is 1.12 bits per heavy atom. The van der Waals surface area contributed by atoms with E-state index < -0.39 is 0 Å². The van der Waals surface area contributed by atoms with Crippen LogP contribution in [0.4, 0.5) is 5.95 Å². The number of anilines is 1. The molecule has 0 bridgehead atoms. The minimum absolute atomic E-state index is 0. The van der Waals surface area contributed by atoms with Gasteiger partial charge in [-0.25, -0.2) is 39.9 Å². The Bertz CT molecular complexity index is 1950. The number of hydrogen-bond acceptors (Lipinski definition) is 12. The highest BCUT2D eigenvalue weighted by Crippen LogP contribution is 2.30. The van der Waals surface area contributed by atoms with Gasteiger partial charge in [-0.15, -0.1) is 12.4 Å². The van der Waals surface area contributed by atoms with Crippen molar-refractivity contribution >= 4 is 75.0 Å². The SMILES string of the molecule is Cl.Clc1ncc2ccccc2n1.Clc1nccnc1OC1CC(Nc2ncc3ccccc3n2)C1.NC1CC(Oc2nccnc2Cl)C1. The summed E-state index contributed by atoms with van der Waals surface area (Å²) in [6.07, 6.45) is 13.4. The monoisotopic (exact) mass is 726 g/mol. The Kier molecular flexibility index (Phi) is 12.3. The molecule has 0 saturated heterocycles. The maximum Gasteiger partial charge on any atom is 0.252 e. The number of nitrogens with zero attached hydrogens (tertiary/aromatic N) is 8. The average Bonchev–Trinajstić information content (AvgIpc) is 3.05. The maximum absolute atomic E-state index is 5.94. The van der Waals surface area contributed by atoms with Crippen LogP contribution in [0, 0.1) is 0 Å². The highest BCUT2D eigenvalue weighted by molar-refractivity contribution is 6.30. The van der Waals surface area contributed by atoms with Gasteiger partial charge in [0.2, 0.25) is 11.2 Å². The van der Waals surface area contributed by atoms with E-state index in [1.807, 2.05) is 54.7 Å². The van der Waals surface area contributed by atoms with Crippen LogP contribution in [0.1, 0.15) is 25.7 Å². The summed E-state index contributed by atoms with van der Waals surface area (Å²) in [5, 5.41) is 6.27. The van der Waals surface area contributed by atoms with Crippen molar-refractivity contribution in [2.45, 2.75) is 50.0 Å². The Morgan fingerprint density at radius 3 is 1.69 bits per heavy atom. The van der Waals surface area contributed by atoms with Gasteiger partial charge in [-0.3, -0.25) is 0 Å². The summed E-state index contributed by atoms with van der Waals surface area (Å²) < 4.78 is 11.2. The zero-order valence-corrected chi connectivity index (χ0v) is 28.3. The third kappa shape index (κ3) is 9.45. The molecule has 0 unspecified atom stereocenters. The summed E-state index contributed by atoms with van der Waals surface area (Å²) in [5.41, 5.74) is 7.43. The van der Waals surface area contributed by atoms with E-state index in [2.05, 4.69) is 45.2 Å². The zero-order chi connectivity index (χ0) is 32.6. The van der Waals surface area contributed by atoms with E-state index in [1.165, 1.54) is 12.4 Å². The first-order valence-electron chi connectivity index (χ1n) is 14.8. The van der Waals surface area contributed by atoms with Crippen molar-refractivity contribution < 1.29 is 9.47 Å². The van der Waals surface area contributed by atoms with Crippen LogP contribution in [0.25, 0.3) is 21.8 Å². The standard InChI is InChI=1S/C16H14ClN5O.C8H10ClN3O.C8H5ClN2.ClH/c17-14-15(19-6-5-18-14)23-12-7-11(8-12)21-16-20-9-10-3-1-2-4-13(10)22-16;9-7-8(12-2-1-11-7)13-6-3-5(10)4-6;9-8-10-5-6-3-1-2-4-7(6)11-8;/h1-6,9,11-12H,7-8H2,(H,20,21,22);1-2,5-6H,3-4,10H2;1-5H;1H. The van der Waals surface area contributed by atoms with Crippen LogP contribution in [0.15, 0.2) is 85.7 Å². The first-order valence-corrected chi connectivity index (χ1v) is 15.9. The summed E-state index contributed by atoms with van der Waals surface area (Å²) in [4.78, 5) is 32.6. The number of ether oxygens (including phenoxy) is 2. The fourth-order valence-corrected chi connectivity index (χ4v) is 5.19. The number of rotatable bonds is 6. The number of para-hydroxylation sites is 2. The Balaban J connectivity index is 0.000000153. The van der Waals surface area contributed by atoms with Gasteiger partial charge in [0.15, 0.2) is 10.3 Å². The van der Waals surface area contributed by atoms with Crippen LogP contribution >= 0.6 is 47.2 Å². The van der Waals surface area contributed by atoms with Gasteiger partial charge in [0.25, 0.3) is 11.8 Å². The van der Waals surface area contributed by atoms with Gasteiger partial charge in [0.05, 0.1) is 11.0 Å². The minimum Gasteiger partial charge on any atom is -0.472 e. The molecule has 2 aliphatic carbocycles. The number of nitrogens with two attached hydrogens (primary N) is 1. The van der Waals surface area contributed by atoms with Crippen molar-refractivity contribution in [3.05, 3.63) is 101 Å². The van der Waals surface area contributed by atoms with Crippen LogP contribution in [-0.2, 0) is 0 Å². The van der Waals surface area contributed by atoms with Crippen LogP contribution < -0.4 is 20.5 Å². The van der Waals surface area contributed by atoms with E-state index in [1.54, 1.807) is 18.6 Å². The molecule has 248 valence electrons. The minimum atomic E-state index is 0. The molecule has 0 amide bonds. The van der Waals surface area contributed by atoms with Crippen LogP contribution in [0.2, 0.25) is 15.6 Å². The number of hydrogen-bond donors (Lipinski definition) is 2. The van der Waals surface area contributed by atoms with Crippen molar-refractivity contribution in [1.82, 2.24) is 39.9 Å². The lowest BCUT2D eigenvalue weighted by Crippen LogP contribution is -2.43. The smallest absolute Gasteiger partial charge is 0.252 e. The summed E-state index contributed by atoms with van der Waals surface area (Å²) in [6, 6.07) is 16.2. The molecule has 16 heteroatoms. The van der Waals surface area contributed by atoms with Crippen LogP contribution in [0.3, 0.4) is 0 Å². The van der Waals surface area contributed by atoms with E-state index in [9.17, 15) is 0 Å². The normalized spacial score (nSPS) is 19.2. The van der Waals surface area contributed by atoms with E-state index >= 15 is 0 Å². The van der Waals surface area contributed by atoms with Gasteiger partial charge in [0.1, 0.15) is 12.2 Å². The molecule has 4 heterocycles. The Hall–Kier alpha value is -4.20. The lowest BCUT2D eigenvalue weighted by molar-refractivity contribution is 0.0955. The fraction of sp³-hybridized carbons (Fsp3) is 0.250. The van der Waals surface area contributed by atoms with Crippen LogP contribution in [-0.4, -0.2) is 64.2 Å². The molecular formula is C32H30Cl4N10O2. The molecule has 0 aliphatic heterocycles. The van der Waals surface area contributed by atoms with Crippen molar-refractivity contribution in [3.63, 3.8) is 0 Å². The molecule has 2 aromatic carbocycles. The number of nitrogens with one attached hydrogen (secondary N) is 1. The second-order valence-corrected chi connectivity index (χ2v) is 11.8. The molecule has 0 spiro atoms. The molecule has 48 heavy (non-hydrogen) atoms. The third-order valence-electron chi connectivity index (χ3n) is 7.31. The summed E-state index contributed by atoms with van der Waals surface area (Å²) in [5.74, 6) is 1.44. The number of benzene rings is 2. The Morgan fingerprint density at radius 1 is 0.625 bits per heavy atom. The van der Waals surface area contributed by atoms with E-state index in [0.29, 0.717) is 33.3 Å². The molecule has 0 atom stereocenters. The first kappa shape index (κ1) is 35.1. The van der Waals surface area contributed by atoms with Crippen LogP contribution in [0.5, 0.6) is 11.8 Å². The molecule has 4 aromatic heterocycles. The second kappa shape index (κ2) is 16.8. The third-order valence-corrected chi connectivity index (χ3v) is 8.01. The van der Waals surface area contributed by atoms with Crippen molar-refractivity contribution in [2.24, 2.45) is 5.73 Å². The summed E-state index contributed by atoms with van der Waals surface area (Å²) in [6.45, 7) is 0.